The van der Waals surface area contributed by atoms with Crippen LogP contribution in [0.1, 0.15) is 0 Å². The fraction of sp³-hybridized carbons (Fsp3) is 0. The van der Waals surface area contributed by atoms with Crippen molar-refractivity contribution in [3.8, 4) is 44.9 Å². The normalized spacial score (nSPS) is 11.3. The number of para-hydroxylation sites is 3. The first-order valence-corrected chi connectivity index (χ1v) is 18.7. The zero-order valence-electron chi connectivity index (χ0n) is 30.0. The third kappa shape index (κ3) is 5.98. The standard InChI is InChI=1S/C52H35N3/c1-5-18-37(19-6-1)48-34-40(35-49(53-48)38-20-7-2-8-21-38)45-29-16-30-46-50-44-28-14-13-17-36(44)31-32-47(50)51(54-52(45)46)39-22-15-27-43(33-39)55(41-23-9-3-10-24-41)42-25-11-4-12-26-42/h1-35H. The molecule has 0 aliphatic heterocycles. The van der Waals surface area contributed by atoms with Crippen molar-refractivity contribution in [1.29, 1.82) is 0 Å². The molecule has 2 aromatic heterocycles. The van der Waals surface area contributed by atoms with E-state index in [0.29, 0.717) is 0 Å². The minimum atomic E-state index is 0.926. The summed E-state index contributed by atoms with van der Waals surface area (Å²) >= 11 is 0. The Kier molecular flexibility index (Phi) is 8.16. The second-order valence-corrected chi connectivity index (χ2v) is 13.8. The van der Waals surface area contributed by atoms with Gasteiger partial charge in [-0.15, -0.1) is 0 Å². The van der Waals surface area contributed by atoms with Gasteiger partial charge in [-0.05, 0) is 64.9 Å². The first kappa shape index (κ1) is 32.3. The van der Waals surface area contributed by atoms with E-state index in [9.17, 15) is 0 Å². The summed E-state index contributed by atoms with van der Waals surface area (Å²) in [4.78, 5) is 13.2. The van der Waals surface area contributed by atoms with Crippen LogP contribution >= 0.6 is 0 Å². The van der Waals surface area contributed by atoms with E-state index in [-0.39, 0.29) is 0 Å². The predicted molar refractivity (Wildman–Crippen MR) is 231 cm³/mol. The van der Waals surface area contributed by atoms with E-state index in [4.69, 9.17) is 9.97 Å². The van der Waals surface area contributed by atoms with Crippen LogP contribution in [0.25, 0.3) is 77.3 Å². The molecule has 0 fully saturated rings. The Labute approximate surface area is 320 Å². The number of pyridine rings is 2. The molecule has 0 radical (unpaired) electrons. The Hall–Kier alpha value is -7.36. The van der Waals surface area contributed by atoms with Crippen LogP contribution in [0.3, 0.4) is 0 Å². The quantitative estimate of drug-likeness (QED) is 0.155. The Balaban J connectivity index is 1.25. The summed E-state index contributed by atoms with van der Waals surface area (Å²) in [7, 11) is 0. The molecule has 0 saturated carbocycles. The second kappa shape index (κ2) is 13.9. The number of benzene rings is 8. The Bertz CT molecular complexity index is 2860. The van der Waals surface area contributed by atoms with E-state index in [1.54, 1.807) is 0 Å². The van der Waals surface area contributed by atoms with Crippen molar-refractivity contribution < 1.29 is 0 Å². The molecular weight excluding hydrogens is 667 g/mol. The first-order chi connectivity index (χ1) is 27.3. The monoisotopic (exact) mass is 701 g/mol. The Morgan fingerprint density at radius 3 is 1.51 bits per heavy atom. The van der Waals surface area contributed by atoms with Gasteiger partial charge in [0.15, 0.2) is 0 Å². The van der Waals surface area contributed by atoms with E-state index < -0.39 is 0 Å². The van der Waals surface area contributed by atoms with Crippen molar-refractivity contribution in [3.63, 3.8) is 0 Å². The lowest BCUT2D eigenvalue weighted by molar-refractivity contribution is 1.28. The van der Waals surface area contributed by atoms with Gasteiger partial charge in [0.1, 0.15) is 0 Å². The number of rotatable bonds is 7. The van der Waals surface area contributed by atoms with Crippen LogP contribution in [-0.4, -0.2) is 9.97 Å². The van der Waals surface area contributed by atoms with Gasteiger partial charge in [-0.2, -0.15) is 0 Å². The molecule has 0 unspecified atom stereocenters. The summed E-state index contributed by atoms with van der Waals surface area (Å²) < 4.78 is 0. The summed E-state index contributed by atoms with van der Waals surface area (Å²) in [6.07, 6.45) is 0. The number of aromatic nitrogens is 2. The van der Waals surface area contributed by atoms with Crippen LogP contribution in [0.4, 0.5) is 17.1 Å². The molecule has 0 atom stereocenters. The predicted octanol–water partition coefficient (Wildman–Crippen LogP) is 14.1. The maximum absolute atomic E-state index is 5.67. The molecule has 0 spiro atoms. The van der Waals surface area contributed by atoms with E-state index in [0.717, 1.165) is 78.3 Å². The molecule has 3 nitrogen and oxygen atoms in total. The van der Waals surface area contributed by atoms with Gasteiger partial charge in [0.25, 0.3) is 0 Å². The minimum Gasteiger partial charge on any atom is -0.310 e. The molecule has 0 aliphatic rings. The maximum Gasteiger partial charge on any atom is 0.0794 e. The third-order valence-corrected chi connectivity index (χ3v) is 10.4. The van der Waals surface area contributed by atoms with Crippen LogP contribution in [0.5, 0.6) is 0 Å². The SMILES string of the molecule is c1ccc(-c2cc(-c3cccc4c3nc(-c3cccc(N(c5ccccc5)c5ccccc5)c3)c3ccc5ccccc5c34)cc(-c3ccccc3)n2)cc1. The molecule has 8 aromatic carbocycles. The summed E-state index contributed by atoms with van der Waals surface area (Å²) in [6, 6.07) is 75.0. The topological polar surface area (TPSA) is 29.0 Å². The molecule has 2 heterocycles. The minimum absolute atomic E-state index is 0.926. The molecular formula is C52H35N3. The molecule has 55 heavy (non-hydrogen) atoms. The number of hydrogen-bond acceptors (Lipinski definition) is 3. The molecule has 0 saturated heterocycles. The molecule has 0 bridgehead atoms. The van der Waals surface area contributed by atoms with Crippen LogP contribution in [0, 0.1) is 0 Å². The fourth-order valence-corrected chi connectivity index (χ4v) is 7.84. The number of nitrogens with zero attached hydrogens (tertiary/aromatic N) is 3. The summed E-state index contributed by atoms with van der Waals surface area (Å²) in [5.41, 5.74) is 12.3. The summed E-state index contributed by atoms with van der Waals surface area (Å²) in [6.45, 7) is 0. The molecule has 3 heteroatoms. The highest BCUT2D eigenvalue weighted by Crippen LogP contribution is 2.43. The first-order valence-electron chi connectivity index (χ1n) is 18.7. The molecule has 10 rings (SSSR count). The van der Waals surface area contributed by atoms with Gasteiger partial charge in [0.05, 0.1) is 22.6 Å². The highest BCUT2D eigenvalue weighted by Gasteiger charge is 2.19. The van der Waals surface area contributed by atoms with E-state index in [2.05, 4.69) is 205 Å². The number of hydrogen-bond donors (Lipinski definition) is 0. The lowest BCUT2D eigenvalue weighted by Gasteiger charge is -2.26. The average molecular weight is 702 g/mol. The van der Waals surface area contributed by atoms with Crippen molar-refractivity contribution in [3.05, 3.63) is 212 Å². The number of fused-ring (bicyclic) bond motifs is 5. The van der Waals surface area contributed by atoms with Crippen molar-refractivity contribution in [1.82, 2.24) is 9.97 Å². The van der Waals surface area contributed by atoms with Crippen LogP contribution in [-0.2, 0) is 0 Å². The third-order valence-electron chi connectivity index (χ3n) is 10.4. The van der Waals surface area contributed by atoms with Gasteiger partial charge >= 0.3 is 0 Å². The van der Waals surface area contributed by atoms with Gasteiger partial charge in [-0.25, -0.2) is 9.97 Å². The van der Waals surface area contributed by atoms with E-state index in [1.165, 1.54) is 16.2 Å². The van der Waals surface area contributed by atoms with Crippen molar-refractivity contribution >= 4 is 49.5 Å². The Morgan fingerprint density at radius 2 is 0.855 bits per heavy atom. The molecule has 0 amide bonds. The summed E-state index contributed by atoms with van der Waals surface area (Å²) in [5.74, 6) is 0. The zero-order chi connectivity index (χ0) is 36.6. The Morgan fingerprint density at radius 1 is 0.327 bits per heavy atom. The molecule has 0 aliphatic carbocycles. The van der Waals surface area contributed by atoms with Gasteiger partial charge in [0, 0.05) is 55.5 Å². The zero-order valence-corrected chi connectivity index (χ0v) is 30.0. The van der Waals surface area contributed by atoms with Crippen molar-refractivity contribution in [2.75, 3.05) is 4.90 Å². The van der Waals surface area contributed by atoms with Crippen LogP contribution < -0.4 is 4.90 Å². The van der Waals surface area contributed by atoms with Crippen molar-refractivity contribution in [2.45, 2.75) is 0 Å². The molecule has 258 valence electrons. The lowest BCUT2D eigenvalue weighted by Crippen LogP contribution is -2.09. The van der Waals surface area contributed by atoms with Crippen LogP contribution in [0.15, 0.2) is 212 Å². The largest absolute Gasteiger partial charge is 0.310 e. The second-order valence-electron chi connectivity index (χ2n) is 13.8. The van der Waals surface area contributed by atoms with Crippen molar-refractivity contribution in [2.24, 2.45) is 0 Å². The highest BCUT2D eigenvalue weighted by molar-refractivity contribution is 6.24. The number of anilines is 3. The average Bonchev–Trinajstić information content (AvgIpc) is 3.27. The lowest BCUT2D eigenvalue weighted by atomic mass is 9.92. The van der Waals surface area contributed by atoms with Crippen LogP contribution in [0.2, 0.25) is 0 Å². The van der Waals surface area contributed by atoms with E-state index in [1.807, 2.05) is 12.1 Å². The smallest absolute Gasteiger partial charge is 0.0794 e. The van der Waals surface area contributed by atoms with Gasteiger partial charge in [0.2, 0.25) is 0 Å². The van der Waals surface area contributed by atoms with Gasteiger partial charge in [-0.1, -0.05) is 164 Å². The highest BCUT2D eigenvalue weighted by atomic mass is 15.1. The summed E-state index contributed by atoms with van der Waals surface area (Å²) in [5, 5.41) is 5.86. The molecule has 10 aromatic rings. The maximum atomic E-state index is 5.67. The molecule has 0 N–H and O–H groups in total. The van der Waals surface area contributed by atoms with Gasteiger partial charge in [-0.3, -0.25) is 0 Å². The fourth-order valence-electron chi connectivity index (χ4n) is 7.84. The van der Waals surface area contributed by atoms with Gasteiger partial charge < -0.3 is 4.90 Å². The van der Waals surface area contributed by atoms with E-state index >= 15 is 0 Å².